The molecule has 112 valence electrons. The second kappa shape index (κ2) is 7.21. The highest BCUT2D eigenvalue weighted by Crippen LogP contribution is 2.34. The lowest BCUT2D eigenvalue weighted by Crippen LogP contribution is -2.26. The Morgan fingerprint density at radius 1 is 1.15 bits per heavy atom. The third-order valence-corrected chi connectivity index (χ3v) is 4.65. The molecule has 0 saturated heterocycles. The van der Waals surface area contributed by atoms with Gasteiger partial charge in [0.25, 0.3) is 0 Å². The van der Waals surface area contributed by atoms with E-state index in [4.69, 9.17) is 0 Å². The van der Waals surface area contributed by atoms with Crippen molar-refractivity contribution >= 4 is 0 Å². The summed E-state index contributed by atoms with van der Waals surface area (Å²) in [6.07, 6.45) is 8.08. The van der Waals surface area contributed by atoms with Crippen LogP contribution in [-0.4, -0.2) is 6.54 Å². The molecule has 0 heterocycles. The van der Waals surface area contributed by atoms with Crippen molar-refractivity contribution in [3.8, 4) is 0 Å². The van der Waals surface area contributed by atoms with Gasteiger partial charge in [-0.25, -0.2) is 4.39 Å². The number of hydrogen-bond acceptors (Lipinski definition) is 1. The molecule has 0 spiro atoms. The Bertz CT molecular complexity index is 412. The molecule has 1 aliphatic rings. The van der Waals surface area contributed by atoms with Crippen LogP contribution >= 0.6 is 0 Å². The van der Waals surface area contributed by atoms with Gasteiger partial charge < -0.3 is 5.32 Å². The van der Waals surface area contributed by atoms with E-state index in [1.165, 1.54) is 44.1 Å². The molecular formula is C18H28FN. The topological polar surface area (TPSA) is 12.0 Å². The van der Waals surface area contributed by atoms with Gasteiger partial charge >= 0.3 is 0 Å². The maximum Gasteiger partial charge on any atom is 0.123 e. The summed E-state index contributed by atoms with van der Waals surface area (Å²) in [6, 6.07) is 3.73. The van der Waals surface area contributed by atoms with Crippen LogP contribution in [0.25, 0.3) is 0 Å². The van der Waals surface area contributed by atoms with E-state index in [2.05, 4.69) is 12.2 Å². The predicted molar refractivity (Wildman–Crippen MR) is 83.5 cm³/mol. The van der Waals surface area contributed by atoms with Crippen LogP contribution in [0.5, 0.6) is 0 Å². The molecule has 0 aromatic heterocycles. The fraction of sp³-hybridized carbons (Fsp3) is 0.667. The zero-order valence-electron chi connectivity index (χ0n) is 13.1. The molecule has 1 saturated carbocycles. The van der Waals surface area contributed by atoms with Gasteiger partial charge in [0.15, 0.2) is 0 Å². The molecule has 1 aromatic carbocycles. The van der Waals surface area contributed by atoms with Crippen molar-refractivity contribution in [3.05, 3.63) is 34.6 Å². The van der Waals surface area contributed by atoms with E-state index in [-0.39, 0.29) is 5.82 Å². The average Bonchev–Trinajstić information content (AvgIpc) is 2.39. The minimum Gasteiger partial charge on any atom is -0.310 e. The molecule has 1 unspecified atom stereocenters. The summed E-state index contributed by atoms with van der Waals surface area (Å²) in [4.78, 5) is 0. The van der Waals surface area contributed by atoms with Crippen molar-refractivity contribution in [2.45, 2.75) is 65.3 Å². The fourth-order valence-electron chi connectivity index (χ4n) is 3.78. The normalized spacial score (nSPS) is 18.2. The van der Waals surface area contributed by atoms with Gasteiger partial charge in [0.2, 0.25) is 0 Å². The minimum atomic E-state index is -0.114. The van der Waals surface area contributed by atoms with Crippen molar-refractivity contribution in [3.63, 3.8) is 0 Å². The highest BCUT2D eigenvalue weighted by molar-refractivity contribution is 5.37. The van der Waals surface area contributed by atoms with E-state index in [1.807, 2.05) is 13.8 Å². The van der Waals surface area contributed by atoms with Crippen LogP contribution < -0.4 is 5.32 Å². The lowest BCUT2D eigenvalue weighted by atomic mass is 9.82. The maximum atomic E-state index is 13.5. The van der Waals surface area contributed by atoms with Crippen LogP contribution in [0, 0.1) is 25.6 Å². The summed E-state index contributed by atoms with van der Waals surface area (Å²) in [5.41, 5.74) is 3.49. The molecule has 1 N–H and O–H groups in total. The number of nitrogens with one attached hydrogen (secondary N) is 1. The van der Waals surface area contributed by atoms with Gasteiger partial charge in [-0.3, -0.25) is 0 Å². The Hall–Kier alpha value is -0.890. The molecule has 0 aliphatic heterocycles. The van der Waals surface area contributed by atoms with Crippen LogP contribution in [0.2, 0.25) is 0 Å². The van der Waals surface area contributed by atoms with Crippen LogP contribution in [-0.2, 0) is 0 Å². The van der Waals surface area contributed by atoms with Gasteiger partial charge in [0.05, 0.1) is 0 Å². The molecule has 0 bridgehead atoms. The number of halogens is 1. The van der Waals surface area contributed by atoms with Gasteiger partial charge in [-0.15, -0.1) is 0 Å². The van der Waals surface area contributed by atoms with Crippen LogP contribution in [0.4, 0.5) is 4.39 Å². The van der Waals surface area contributed by atoms with E-state index in [0.717, 1.165) is 23.6 Å². The standard InChI is InChI=1S/C18H28FN/c1-4-20-17(12-15-8-6-5-7-9-15)18-13(2)10-16(19)11-14(18)3/h10-11,15,17,20H,4-9,12H2,1-3H3. The molecular weight excluding hydrogens is 249 g/mol. The molecule has 1 nitrogen and oxygen atoms in total. The molecule has 0 amide bonds. The first kappa shape index (κ1) is 15.5. The zero-order valence-corrected chi connectivity index (χ0v) is 13.1. The first-order chi connectivity index (χ1) is 9.61. The SMILES string of the molecule is CCNC(CC1CCCCC1)c1c(C)cc(F)cc1C. The molecule has 1 aromatic rings. The van der Waals surface area contributed by atoms with Crippen molar-refractivity contribution in [2.75, 3.05) is 6.54 Å². The molecule has 1 fully saturated rings. The number of hydrogen-bond donors (Lipinski definition) is 1. The molecule has 20 heavy (non-hydrogen) atoms. The monoisotopic (exact) mass is 277 g/mol. The number of benzene rings is 1. The van der Waals surface area contributed by atoms with E-state index in [1.54, 1.807) is 12.1 Å². The Kier molecular flexibility index (Phi) is 5.59. The largest absolute Gasteiger partial charge is 0.310 e. The molecule has 2 rings (SSSR count). The average molecular weight is 277 g/mol. The fourth-order valence-corrected chi connectivity index (χ4v) is 3.78. The van der Waals surface area contributed by atoms with Gasteiger partial charge in [-0.05, 0) is 61.6 Å². The first-order valence-electron chi connectivity index (χ1n) is 8.11. The second-order valence-corrected chi connectivity index (χ2v) is 6.30. The molecule has 1 atom stereocenters. The Morgan fingerprint density at radius 3 is 2.30 bits per heavy atom. The second-order valence-electron chi connectivity index (χ2n) is 6.30. The Morgan fingerprint density at radius 2 is 1.75 bits per heavy atom. The summed E-state index contributed by atoms with van der Waals surface area (Å²) in [5, 5.41) is 3.62. The van der Waals surface area contributed by atoms with Gasteiger partial charge in [-0.2, -0.15) is 0 Å². The smallest absolute Gasteiger partial charge is 0.123 e. The summed E-state index contributed by atoms with van der Waals surface area (Å²) < 4.78 is 13.5. The van der Waals surface area contributed by atoms with Crippen molar-refractivity contribution in [1.29, 1.82) is 0 Å². The van der Waals surface area contributed by atoms with Crippen LogP contribution in [0.1, 0.15) is 68.2 Å². The van der Waals surface area contributed by atoms with Crippen molar-refractivity contribution in [1.82, 2.24) is 5.32 Å². The summed E-state index contributed by atoms with van der Waals surface area (Å²) in [6.45, 7) is 7.20. The van der Waals surface area contributed by atoms with Crippen molar-refractivity contribution < 1.29 is 4.39 Å². The Labute approximate surface area is 123 Å². The van der Waals surface area contributed by atoms with E-state index in [0.29, 0.717) is 6.04 Å². The van der Waals surface area contributed by atoms with E-state index < -0.39 is 0 Å². The zero-order chi connectivity index (χ0) is 14.5. The number of rotatable bonds is 5. The predicted octanol–water partition coefficient (Wildman–Crippen LogP) is 5.06. The van der Waals surface area contributed by atoms with Crippen LogP contribution in [0.15, 0.2) is 12.1 Å². The van der Waals surface area contributed by atoms with Crippen LogP contribution in [0.3, 0.4) is 0 Å². The maximum absolute atomic E-state index is 13.5. The van der Waals surface area contributed by atoms with Gasteiger partial charge in [-0.1, -0.05) is 39.0 Å². The lowest BCUT2D eigenvalue weighted by Gasteiger charge is -2.29. The summed E-state index contributed by atoms with van der Waals surface area (Å²) >= 11 is 0. The van der Waals surface area contributed by atoms with Crippen molar-refractivity contribution in [2.24, 2.45) is 5.92 Å². The number of aryl methyl sites for hydroxylation is 2. The molecule has 1 aliphatic carbocycles. The summed E-state index contributed by atoms with van der Waals surface area (Å²) in [5.74, 6) is 0.716. The highest BCUT2D eigenvalue weighted by atomic mass is 19.1. The van der Waals surface area contributed by atoms with E-state index >= 15 is 0 Å². The summed E-state index contributed by atoms with van der Waals surface area (Å²) in [7, 11) is 0. The molecule has 0 radical (unpaired) electrons. The molecule has 2 heteroatoms. The third-order valence-electron chi connectivity index (χ3n) is 4.65. The first-order valence-corrected chi connectivity index (χ1v) is 8.11. The highest BCUT2D eigenvalue weighted by Gasteiger charge is 2.22. The minimum absolute atomic E-state index is 0.114. The quantitative estimate of drug-likeness (QED) is 0.793. The Balaban J connectivity index is 2.19. The third kappa shape index (κ3) is 3.82. The van der Waals surface area contributed by atoms with Gasteiger partial charge in [0, 0.05) is 6.04 Å². The lowest BCUT2D eigenvalue weighted by molar-refractivity contribution is 0.300. The van der Waals surface area contributed by atoms with E-state index in [9.17, 15) is 4.39 Å². The van der Waals surface area contributed by atoms with Gasteiger partial charge in [0.1, 0.15) is 5.82 Å².